The summed E-state index contributed by atoms with van der Waals surface area (Å²) < 4.78 is 5.34. The first kappa shape index (κ1) is 14.2. The van der Waals surface area contributed by atoms with Crippen LogP contribution in [0.3, 0.4) is 0 Å². The molecule has 1 saturated heterocycles. The van der Waals surface area contributed by atoms with E-state index < -0.39 is 6.04 Å². The van der Waals surface area contributed by atoms with Gasteiger partial charge >= 0.3 is 0 Å². The largest absolute Gasteiger partial charge is 0.381 e. The fourth-order valence-electron chi connectivity index (χ4n) is 3.20. The number of rotatable bonds is 4. The molecule has 0 aromatic heterocycles. The number of anilines is 1. The summed E-state index contributed by atoms with van der Waals surface area (Å²) in [4.78, 5) is 25.9. The molecule has 1 heterocycles. The van der Waals surface area contributed by atoms with Crippen LogP contribution in [0.15, 0.2) is 30.3 Å². The smallest absolute Gasteiger partial charge is 0.251 e. The summed E-state index contributed by atoms with van der Waals surface area (Å²) >= 11 is 0. The average molecular weight is 288 g/mol. The number of ether oxygens (including phenoxy) is 1. The highest BCUT2D eigenvalue weighted by molar-refractivity contribution is 6.22. The lowest BCUT2D eigenvalue weighted by atomic mass is 10.2. The van der Waals surface area contributed by atoms with Crippen molar-refractivity contribution in [2.75, 3.05) is 12.0 Å². The summed E-state index contributed by atoms with van der Waals surface area (Å²) in [5, 5.41) is 3.33. The Balaban J connectivity index is 1.67. The van der Waals surface area contributed by atoms with Crippen molar-refractivity contribution < 1.29 is 14.3 Å². The van der Waals surface area contributed by atoms with Crippen LogP contribution in [0.2, 0.25) is 0 Å². The third-order valence-corrected chi connectivity index (χ3v) is 4.32. The second-order valence-corrected chi connectivity index (χ2v) is 5.69. The molecule has 1 aromatic rings. The maximum absolute atomic E-state index is 12.5. The van der Waals surface area contributed by atoms with Crippen LogP contribution in [-0.2, 0) is 14.3 Å². The van der Waals surface area contributed by atoms with Gasteiger partial charge in [0.05, 0.1) is 24.3 Å². The highest BCUT2D eigenvalue weighted by Crippen LogP contribution is 2.26. The third kappa shape index (κ3) is 2.84. The Kier molecular flexibility index (Phi) is 4.03. The van der Waals surface area contributed by atoms with Gasteiger partial charge in [0, 0.05) is 13.2 Å². The van der Waals surface area contributed by atoms with Crippen LogP contribution in [0.1, 0.15) is 25.7 Å². The van der Waals surface area contributed by atoms with Crippen LogP contribution in [0, 0.1) is 0 Å². The third-order valence-electron chi connectivity index (χ3n) is 4.32. The first-order valence-electron chi connectivity index (χ1n) is 7.39. The van der Waals surface area contributed by atoms with E-state index in [9.17, 15) is 9.59 Å². The van der Waals surface area contributed by atoms with Crippen LogP contribution in [0.25, 0.3) is 0 Å². The van der Waals surface area contributed by atoms with Gasteiger partial charge in [-0.15, -0.1) is 0 Å². The standard InChI is InChI=1S/C16H20N2O3/c1-21-13-8-7-11(9-13)17-14-10-15(19)18(16(14)20)12-5-3-2-4-6-12/h2-6,11,13-14,17H,7-10H2,1H3. The number of imide groups is 1. The van der Waals surface area contributed by atoms with Crippen LogP contribution in [0.5, 0.6) is 0 Å². The lowest BCUT2D eigenvalue weighted by Gasteiger charge is -2.18. The van der Waals surface area contributed by atoms with Crippen LogP contribution in [0.4, 0.5) is 5.69 Å². The van der Waals surface area contributed by atoms with Crippen LogP contribution >= 0.6 is 0 Å². The Morgan fingerprint density at radius 1 is 1.19 bits per heavy atom. The van der Waals surface area contributed by atoms with Crippen LogP contribution < -0.4 is 10.2 Å². The molecule has 0 bridgehead atoms. The minimum atomic E-state index is -0.404. The van der Waals surface area contributed by atoms with Gasteiger partial charge in [0.15, 0.2) is 0 Å². The topological polar surface area (TPSA) is 58.6 Å². The molecule has 0 radical (unpaired) electrons. The maximum atomic E-state index is 12.5. The second kappa shape index (κ2) is 5.95. The van der Waals surface area contributed by atoms with Crippen molar-refractivity contribution in [1.29, 1.82) is 0 Å². The van der Waals surface area contributed by atoms with E-state index in [1.807, 2.05) is 18.2 Å². The van der Waals surface area contributed by atoms with Crippen molar-refractivity contribution in [2.24, 2.45) is 0 Å². The molecule has 1 aromatic carbocycles. The van der Waals surface area contributed by atoms with E-state index in [2.05, 4.69) is 5.32 Å². The molecule has 2 aliphatic rings. The molecule has 3 unspecified atom stereocenters. The maximum Gasteiger partial charge on any atom is 0.251 e. The molecule has 5 nitrogen and oxygen atoms in total. The number of carbonyl (C=O) groups excluding carboxylic acids is 2. The van der Waals surface area contributed by atoms with Gasteiger partial charge in [0.2, 0.25) is 5.91 Å². The summed E-state index contributed by atoms with van der Waals surface area (Å²) in [5.74, 6) is -0.281. The molecule has 2 amide bonds. The number of nitrogens with zero attached hydrogens (tertiary/aromatic N) is 1. The number of benzene rings is 1. The summed E-state index contributed by atoms with van der Waals surface area (Å²) in [5.41, 5.74) is 0.651. The van der Waals surface area contributed by atoms with Crippen molar-refractivity contribution in [3.05, 3.63) is 30.3 Å². The van der Waals surface area contributed by atoms with E-state index in [-0.39, 0.29) is 30.4 Å². The van der Waals surface area contributed by atoms with Crippen molar-refractivity contribution in [3.63, 3.8) is 0 Å². The molecule has 1 aliphatic carbocycles. The Labute approximate surface area is 124 Å². The Hall–Kier alpha value is -1.72. The highest BCUT2D eigenvalue weighted by atomic mass is 16.5. The number of hydrogen-bond donors (Lipinski definition) is 1. The monoisotopic (exact) mass is 288 g/mol. The van der Waals surface area contributed by atoms with E-state index in [0.717, 1.165) is 19.3 Å². The normalized spacial score (nSPS) is 29.4. The van der Waals surface area contributed by atoms with E-state index >= 15 is 0 Å². The fraction of sp³-hybridized carbons (Fsp3) is 0.500. The van der Waals surface area contributed by atoms with E-state index in [4.69, 9.17) is 4.74 Å². The molecule has 1 saturated carbocycles. The lowest BCUT2D eigenvalue weighted by Crippen LogP contribution is -2.43. The molecule has 21 heavy (non-hydrogen) atoms. The predicted octanol–water partition coefficient (Wildman–Crippen LogP) is 1.48. The number of methoxy groups -OCH3 is 1. The molecule has 5 heteroatoms. The van der Waals surface area contributed by atoms with Crippen molar-refractivity contribution in [3.8, 4) is 0 Å². The van der Waals surface area contributed by atoms with Gasteiger partial charge in [0.1, 0.15) is 0 Å². The molecule has 3 atom stereocenters. The minimum Gasteiger partial charge on any atom is -0.381 e. The zero-order valence-electron chi connectivity index (χ0n) is 12.1. The van der Waals surface area contributed by atoms with Gasteiger partial charge in [0.25, 0.3) is 5.91 Å². The summed E-state index contributed by atoms with van der Waals surface area (Å²) in [6.45, 7) is 0. The summed E-state index contributed by atoms with van der Waals surface area (Å²) in [6.07, 6.45) is 3.40. The number of hydrogen-bond acceptors (Lipinski definition) is 4. The molecule has 112 valence electrons. The molecular formula is C16H20N2O3. The van der Waals surface area contributed by atoms with E-state index in [0.29, 0.717) is 5.69 Å². The Bertz CT molecular complexity index is 532. The molecule has 1 N–H and O–H groups in total. The average Bonchev–Trinajstić information content (AvgIpc) is 3.05. The fourth-order valence-corrected chi connectivity index (χ4v) is 3.20. The van der Waals surface area contributed by atoms with Gasteiger partial charge < -0.3 is 10.1 Å². The molecular weight excluding hydrogens is 268 g/mol. The van der Waals surface area contributed by atoms with E-state index in [1.165, 1.54) is 4.90 Å². The van der Waals surface area contributed by atoms with Gasteiger partial charge in [-0.2, -0.15) is 0 Å². The molecule has 1 aliphatic heterocycles. The molecule has 2 fully saturated rings. The number of nitrogens with one attached hydrogen (secondary N) is 1. The number of amides is 2. The highest BCUT2D eigenvalue weighted by Gasteiger charge is 2.41. The lowest BCUT2D eigenvalue weighted by molar-refractivity contribution is -0.121. The van der Waals surface area contributed by atoms with Gasteiger partial charge in [-0.05, 0) is 31.4 Å². The first-order valence-corrected chi connectivity index (χ1v) is 7.39. The first-order chi connectivity index (χ1) is 10.2. The zero-order valence-corrected chi connectivity index (χ0v) is 12.1. The van der Waals surface area contributed by atoms with E-state index in [1.54, 1.807) is 19.2 Å². The van der Waals surface area contributed by atoms with Crippen molar-refractivity contribution >= 4 is 17.5 Å². The number of carbonyl (C=O) groups is 2. The summed E-state index contributed by atoms with van der Waals surface area (Å²) in [7, 11) is 1.72. The number of para-hydroxylation sites is 1. The Morgan fingerprint density at radius 3 is 2.62 bits per heavy atom. The summed E-state index contributed by atoms with van der Waals surface area (Å²) in [6, 6.07) is 8.95. The SMILES string of the molecule is COC1CCC(NC2CC(=O)N(c3ccccc3)C2=O)C1. The Morgan fingerprint density at radius 2 is 1.95 bits per heavy atom. The van der Waals surface area contributed by atoms with Gasteiger partial charge in [-0.3, -0.25) is 9.59 Å². The van der Waals surface area contributed by atoms with Crippen molar-refractivity contribution in [1.82, 2.24) is 5.32 Å². The second-order valence-electron chi connectivity index (χ2n) is 5.69. The molecule has 3 rings (SSSR count). The van der Waals surface area contributed by atoms with Gasteiger partial charge in [-0.1, -0.05) is 18.2 Å². The zero-order chi connectivity index (χ0) is 14.8. The quantitative estimate of drug-likeness (QED) is 0.853. The van der Waals surface area contributed by atoms with Crippen LogP contribution in [-0.4, -0.2) is 37.1 Å². The predicted molar refractivity (Wildman–Crippen MR) is 78.9 cm³/mol. The van der Waals surface area contributed by atoms with Crippen molar-refractivity contribution in [2.45, 2.75) is 43.9 Å². The molecule has 0 spiro atoms. The van der Waals surface area contributed by atoms with Gasteiger partial charge in [-0.25, -0.2) is 4.90 Å². The minimum absolute atomic E-state index is 0.134.